The molecule has 5 nitrogen and oxygen atoms in total. The van der Waals surface area contributed by atoms with E-state index in [2.05, 4.69) is 5.32 Å². The smallest absolute Gasteiger partial charge is 0.338 e. The van der Waals surface area contributed by atoms with Crippen molar-refractivity contribution in [3.63, 3.8) is 0 Å². The van der Waals surface area contributed by atoms with Crippen molar-refractivity contribution in [1.29, 1.82) is 0 Å². The van der Waals surface area contributed by atoms with E-state index in [9.17, 15) is 14.4 Å². The zero-order valence-electron chi connectivity index (χ0n) is 11.6. The number of ether oxygens (including phenoxy) is 1. The van der Waals surface area contributed by atoms with Gasteiger partial charge in [-0.15, -0.1) is 11.3 Å². The molecule has 2 aromatic rings. The molecular weight excluding hydrogens is 326 g/mol. The highest BCUT2D eigenvalue weighted by atomic mass is 35.5. The molecule has 0 aliphatic rings. The average Bonchev–Trinajstić information content (AvgIpc) is 2.91. The number of hydrogen-bond donors (Lipinski definition) is 1. The van der Waals surface area contributed by atoms with Gasteiger partial charge in [0.25, 0.3) is 0 Å². The number of anilines is 1. The molecule has 114 valence electrons. The van der Waals surface area contributed by atoms with Crippen LogP contribution in [-0.4, -0.2) is 24.3 Å². The quantitative estimate of drug-likeness (QED) is 0.670. The first-order chi connectivity index (χ1) is 10.5. The normalized spacial score (nSPS) is 10.1. The Kier molecular flexibility index (Phi) is 5.30. The summed E-state index contributed by atoms with van der Waals surface area (Å²) in [4.78, 5) is 35.0. The number of halogens is 1. The number of esters is 1. The first kappa shape index (κ1) is 16.2. The molecule has 1 heterocycles. The number of nitrogens with one attached hydrogen (secondary N) is 1. The van der Waals surface area contributed by atoms with Crippen LogP contribution in [0.3, 0.4) is 0 Å². The lowest BCUT2D eigenvalue weighted by Crippen LogP contribution is -2.13. The second kappa shape index (κ2) is 7.20. The molecule has 22 heavy (non-hydrogen) atoms. The van der Waals surface area contributed by atoms with Crippen LogP contribution in [0.2, 0.25) is 4.34 Å². The van der Waals surface area contributed by atoms with Crippen LogP contribution in [0.4, 0.5) is 5.69 Å². The minimum atomic E-state index is -0.606. The lowest BCUT2D eigenvalue weighted by atomic mass is 10.2. The zero-order valence-corrected chi connectivity index (χ0v) is 13.2. The number of carbonyl (C=O) groups is 3. The number of amides is 1. The van der Waals surface area contributed by atoms with Crippen LogP contribution >= 0.6 is 22.9 Å². The van der Waals surface area contributed by atoms with Crippen molar-refractivity contribution in [2.24, 2.45) is 0 Å². The lowest BCUT2D eigenvalue weighted by molar-refractivity contribution is -0.114. The van der Waals surface area contributed by atoms with Crippen molar-refractivity contribution in [3.8, 4) is 0 Å². The summed E-state index contributed by atoms with van der Waals surface area (Å²) < 4.78 is 5.47. The maximum atomic E-state index is 11.8. The van der Waals surface area contributed by atoms with Gasteiger partial charge in [0.05, 0.1) is 14.8 Å². The van der Waals surface area contributed by atoms with Crippen molar-refractivity contribution in [1.82, 2.24) is 0 Å². The number of carbonyl (C=O) groups excluding carboxylic acids is 3. The van der Waals surface area contributed by atoms with E-state index in [1.807, 2.05) is 0 Å². The van der Waals surface area contributed by atoms with Crippen molar-refractivity contribution >= 4 is 46.3 Å². The molecule has 0 radical (unpaired) electrons. The summed E-state index contributed by atoms with van der Waals surface area (Å²) in [5, 5.41) is 2.59. The predicted molar refractivity (Wildman–Crippen MR) is 84.7 cm³/mol. The minimum Gasteiger partial charge on any atom is -0.454 e. The molecule has 1 aromatic carbocycles. The van der Waals surface area contributed by atoms with E-state index >= 15 is 0 Å². The Morgan fingerprint density at radius 3 is 2.36 bits per heavy atom. The summed E-state index contributed by atoms with van der Waals surface area (Å²) in [6, 6.07) is 9.39. The maximum Gasteiger partial charge on any atom is 0.338 e. The summed E-state index contributed by atoms with van der Waals surface area (Å²) >= 11 is 6.88. The number of benzene rings is 1. The van der Waals surface area contributed by atoms with Crippen LogP contribution in [0.5, 0.6) is 0 Å². The van der Waals surface area contributed by atoms with E-state index in [0.29, 0.717) is 20.5 Å². The van der Waals surface area contributed by atoms with Crippen LogP contribution in [0.1, 0.15) is 27.0 Å². The van der Waals surface area contributed by atoms with Gasteiger partial charge >= 0.3 is 5.97 Å². The van der Waals surface area contributed by atoms with Gasteiger partial charge in [-0.25, -0.2) is 4.79 Å². The van der Waals surface area contributed by atoms with Gasteiger partial charge in [-0.05, 0) is 36.4 Å². The molecule has 0 saturated carbocycles. The summed E-state index contributed by atoms with van der Waals surface area (Å²) in [6.07, 6.45) is 0. The van der Waals surface area contributed by atoms with Gasteiger partial charge in [0, 0.05) is 12.6 Å². The molecule has 0 bridgehead atoms. The SMILES string of the molecule is CC(=O)Nc1ccc(C(=O)OCC(=O)c2ccc(Cl)s2)cc1. The maximum absolute atomic E-state index is 11.8. The molecular formula is C15H12ClNO4S. The van der Waals surface area contributed by atoms with E-state index < -0.39 is 5.97 Å². The van der Waals surface area contributed by atoms with Crippen molar-refractivity contribution in [2.45, 2.75) is 6.92 Å². The Labute approximate surface area is 135 Å². The van der Waals surface area contributed by atoms with Gasteiger partial charge in [-0.2, -0.15) is 0 Å². The van der Waals surface area contributed by atoms with E-state index in [0.717, 1.165) is 11.3 Å². The third-order valence-corrected chi connectivity index (χ3v) is 3.90. The van der Waals surface area contributed by atoms with Gasteiger partial charge in [0.2, 0.25) is 11.7 Å². The fourth-order valence-corrected chi connectivity index (χ4v) is 2.61. The van der Waals surface area contributed by atoms with Gasteiger partial charge in [0.15, 0.2) is 6.61 Å². The topological polar surface area (TPSA) is 72.5 Å². The van der Waals surface area contributed by atoms with E-state index in [1.165, 1.54) is 19.1 Å². The standard InChI is InChI=1S/C15H12ClNO4S/c1-9(18)17-11-4-2-10(3-5-11)15(20)21-8-12(19)13-6-7-14(16)22-13/h2-7H,8H2,1H3,(H,17,18). The number of Topliss-reactive ketones (excluding diaryl/α,β-unsaturated/α-hetero) is 1. The fraction of sp³-hybridized carbons (Fsp3) is 0.133. The van der Waals surface area contributed by atoms with Gasteiger partial charge in [-0.3, -0.25) is 9.59 Å². The molecule has 1 amide bonds. The number of thiophene rings is 1. The largest absolute Gasteiger partial charge is 0.454 e. The molecule has 2 rings (SSSR count). The second-order valence-corrected chi connectivity index (χ2v) is 6.08. The van der Waals surface area contributed by atoms with Crippen molar-refractivity contribution in [2.75, 3.05) is 11.9 Å². The molecule has 0 saturated heterocycles. The highest BCUT2D eigenvalue weighted by molar-refractivity contribution is 7.18. The Bertz CT molecular complexity index is 709. The molecule has 0 aliphatic carbocycles. The molecule has 1 aromatic heterocycles. The Morgan fingerprint density at radius 1 is 1.14 bits per heavy atom. The molecule has 0 unspecified atom stereocenters. The molecule has 0 fully saturated rings. The monoisotopic (exact) mass is 337 g/mol. The summed E-state index contributed by atoms with van der Waals surface area (Å²) in [6.45, 7) is 1.05. The van der Waals surface area contributed by atoms with Crippen LogP contribution < -0.4 is 5.32 Å². The van der Waals surface area contributed by atoms with E-state index in [-0.39, 0.29) is 18.3 Å². The predicted octanol–water partition coefficient (Wildman–Crippen LogP) is 3.40. The zero-order chi connectivity index (χ0) is 16.1. The van der Waals surface area contributed by atoms with E-state index in [1.54, 1.807) is 24.3 Å². The fourth-order valence-electron chi connectivity index (χ4n) is 1.64. The Hall–Kier alpha value is -2.18. The Balaban J connectivity index is 1.92. The first-order valence-corrected chi connectivity index (χ1v) is 7.48. The highest BCUT2D eigenvalue weighted by Gasteiger charge is 2.13. The average molecular weight is 338 g/mol. The Morgan fingerprint density at radius 2 is 1.82 bits per heavy atom. The molecule has 7 heteroatoms. The minimum absolute atomic E-state index is 0.199. The van der Waals surface area contributed by atoms with Gasteiger partial charge in [-0.1, -0.05) is 11.6 Å². The molecule has 0 atom stereocenters. The number of hydrogen-bond acceptors (Lipinski definition) is 5. The summed E-state index contributed by atoms with van der Waals surface area (Å²) in [7, 11) is 0. The third kappa shape index (κ3) is 4.41. The molecule has 0 spiro atoms. The van der Waals surface area contributed by atoms with Crippen LogP contribution in [0, 0.1) is 0 Å². The molecule has 0 aliphatic heterocycles. The van der Waals surface area contributed by atoms with Gasteiger partial charge in [0.1, 0.15) is 0 Å². The van der Waals surface area contributed by atoms with Crippen LogP contribution in [0.15, 0.2) is 36.4 Å². The van der Waals surface area contributed by atoms with Gasteiger partial charge < -0.3 is 10.1 Å². The van der Waals surface area contributed by atoms with Crippen LogP contribution in [0.25, 0.3) is 0 Å². The number of rotatable bonds is 5. The van der Waals surface area contributed by atoms with E-state index in [4.69, 9.17) is 16.3 Å². The van der Waals surface area contributed by atoms with Crippen molar-refractivity contribution < 1.29 is 19.1 Å². The first-order valence-electron chi connectivity index (χ1n) is 6.29. The molecule has 1 N–H and O–H groups in total. The second-order valence-electron chi connectivity index (χ2n) is 4.36. The van der Waals surface area contributed by atoms with Crippen LogP contribution in [-0.2, 0) is 9.53 Å². The summed E-state index contributed by atoms with van der Waals surface area (Å²) in [5.41, 5.74) is 0.875. The number of ketones is 1. The van der Waals surface area contributed by atoms with Crippen molar-refractivity contribution in [3.05, 3.63) is 51.2 Å². The lowest BCUT2D eigenvalue weighted by Gasteiger charge is -2.05. The summed E-state index contributed by atoms with van der Waals surface area (Å²) in [5.74, 6) is -1.11. The third-order valence-electron chi connectivity index (χ3n) is 2.62. The highest BCUT2D eigenvalue weighted by Crippen LogP contribution is 2.21.